The van der Waals surface area contributed by atoms with E-state index in [-0.39, 0.29) is 30.4 Å². The minimum absolute atomic E-state index is 0.0527. The number of hydrogen-bond donors (Lipinski definition) is 3. The van der Waals surface area contributed by atoms with Crippen molar-refractivity contribution in [2.24, 2.45) is 0 Å². The van der Waals surface area contributed by atoms with Crippen LogP contribution in [-0.4, -0.2) is 30.9 Å². The fourth-order valence-electron chi connectivity index (χ4n) is 1.89. The molecule has 1 aromatic heterocycles. The van der Waals surface area contributed by atoms with Crippen LogP contribution in [0, 0.1) is 0 Å². The summed E-state index contributed by atoms with van der Waals surface area (Å²) in [7, 11) is 0. The molecule has 2 rings (SSSR count). The minimum atomic E-state index is -0.336. The van der Waals surface area contributed by atoms with Gasteiger partial charge < -0.3 is 10.6 Å². The van der Waals surface area contributed by atoms with Crippen LogP contribution in [0.1, 0.15) is 24.3 Å². The van der Waals surface area contributed by atoms with Gasteiger partial charge in [0.25, 0.3) is 0 Å². The SMILES string of the molecule is CCC(NC(=O)C1CNC(=O)CN1)c1cccs1. The molecule has 0 aromatic carbocycles. The smallest absolute Gasteiger partial charge is 0.239 e. The number of amides is 2. The van der Waals surface area contributed by atoms with Gasteiger partial charge in [-0.3, -0.25) is 14.9 Å². The summed E-state index contributed by atoms with van der Waals surface area (Å²) in [6, 6.07) is 3.72. The summed E-state index contributed by atoms with van der Waals surface area (Å²) in [4.78, 5) is 24.2. The third-order valence-electron chi connectivity index (χ3n) is 2.94. The number of carbonyl (C=O) groups excluding carboxylic acids is 2. The van der Waals surface area contributed by atoms with Gasteiger partial charge in [-0.25, -0.2) is 0 Å². The van der Waals surface area contributed by atoms with E-state index in [4.69, 9.17) is 0 Å². The van der Waals surface area contributed by atoms with E-state index in [1.54, 1.807) is 11.3 Å². The van der Waals surface area contributed by atoms with Crippen molar-refractivity contribution >= 4 is 23.2 Å². The fraction of sp³-hybridized carbons (Fsp3) is 0.500. The molecule has 3 N–H and O–H groups in total. The lowest BCUT2D eigenvalue weighted by atomic mass is 10.1. The molecule has 98 valence electrons. The van der Waals surface area contributed by atoms with Gasteiger partial charge in [-0.15, -0.1) is 11.3 Å². The Hall–Kier alpha value is -1.40. The molecule has 2 amide bonds. The molecule has 18 heavy (non-hydrogen) atoms. The molecule has 6 heteroatoms. The highest BCUT2D eigenvalue weighted by atomic mass is 32.1. The molecule has 1 aliphatic rings. The van der Waals surface area contributed by atoms with Crippen molar-refractivity contribution in [2.75, 3.05) is 13.1 Å². The second kappa shape index (κ2) is 5.97. The average molecular weight is 267 g/mol. The van der Waals surface area contributed by atoms with Crippen LogP contribution >= 0.6 is 11.3 Å². The molecule has 5 nitrogen and oxygen atoms in total. The Kier molecular flexibility index (Phi) is 4.33. The maximum absolute atomic E-state index is 12.0. The normalized spacial score (nSPS) is 21.2. The average Bonchev–Trinajstić information content (AvgIpc) is 2.90. The molecule has 1 aliphatic heterocycles. The number of rotatable bonds is 4. The zero-order valence-corrected chi connectivity index (χ0v) is 11.0. The van der Waals surface area contributed by atoms with E-state index >= 15 is 0 Å². The quantitative estimate of drug-likeness (QED) is 0.740. The van der Waals surface area contributed by atoms with Crippen molar-refractivity contribution in [1.29, 1.82) is 0 Å². The highest BCUT2D eigenvalue weighted by Crippen LogP contribution is 2.21. The monoisotopic (exact) mass is 267 g/mol. The Bertz CT molecular complexity index is 409. The van der Waals surface area contributed by atoms with E-state index in [9.17, 15) is 9.59 Å². The predicted molar refractivity (Wildman–Crippen MR) is 70.3 cm³/mol. The van der Waals surface area contributed by atoms with Crippen LogP contribution in [0.5, 0.6) is 0 Å². The van der Waals surface area contributed by atoms with Crippen molar-refractivity contribution in [3.8, 4) is 0 Å². The summed E-state index contributed by atoms with van der Waals surface area (Å²) in [5.41, 5.74) is 0. The van der Waals surface area contributed by atoms with E-state index < -0.39 is 0 Å². The highest BCUT2D eigenvalue weighted by Gasteiger charge is 2.25. The van der Waals surface area contributed by atoms with Crippen LogP contribution in [0.15, 0.2) is 17.5 Å². The lowest BCUT2D eigenvalue weighted by molar-refractivity contribution is -0.127. The summed E-state index contributed by atoms with van der Waals surface area (Å²) in [6.07, 6.45) is 0.853. The van der Waals surface area contributed by atoms with E-state index in [0.717, 1.165) is 11.3 Å². The summed E-state index contributed by atoms with van der Waals surface area (Å²) in [5, 5.41) is 10.6. The van der Waals surface area contributed by atoms with Crippen LogP contribution in [0.4, 0.5) is 0 Å². The largest absolute Gasteiger partial charge is 0.353 e. The molecule has 1 fully saturated rings. The van der Waals surface area contributed by atoms with Crippen LogP contribution in [0.3, 0.4) is 0 Å². The number of piperazine rings is 1. The molecule has 0 bridgehead atoms. The minimum Gasteiger partial charge on any atom is -0.353 e. The first-order chi connectivity index (χ1) is 8.70. The second-order valence-corrected chi connectivity index (χ2v) is 5.20. The molecule has 0 spiro atoms. The fourth-order valence-corrected chi connectivity index (χ4v) is 2.75. The van der Waals surface area contributed by atoms with Crippen molar-refractivity contribution in [3.63, 3.8) is 0 Å². The lowest BCUT2D eigenvalue weighted by Crippen LogP contribution is -2.58. The Morgan fingerprint density at radius 3 is 3.06 bits per heavy atom. The second-order valence-electron chi connectivity index (χ2n) is 4.22. The topological polar surface area (TPSA) is 70.2 Å². The zero-order chi connectivity index (χ0) is 13.0. The molecule has 0 saturated carbocycles. The third-order valence-corrected chi connectivity index (χ3v) is 3.93. The van der Waals surface area contributed by atoms with E-state index in [1.807, 2.05) is 24.4 Å². The van der Waals surface area contributed by atoms with Crippen LogP contribution in [0.25, 0.3) is 0 Å². The van der Waals surface area contributed by atoms with E-state index in [0.29, 0.717) is 6.54 Å². The summed E-state index contributed by atoms with van der Waals surface area (Å²) in [5.74, 6) is -0.125. The van der Waals surface area contributed by atoms with Gasteiger partial charge in [-0.05, 0) is 17.9 Å². The molecule has 1 saturated heterocycles. The van der Waals surface area contributed by atoms with Crippen LogP contribution in [0.2, 0.25) is 0 Å². The Labute approximate surface area is 110 Å². The molecule has 2 atom stereocenters. The van der Waals surface area contributed by atoms with Gasteiger partial charge in [0.05, 0.1) is 12.6 Å². The first-order valence-corrected chi connectivity index (χ1v) is 6.92. The highest BCUT2D eigenvalue weighted by molar-refractivity contribution is 7.10. The maximum Gasteiger partial charge on any atom is 0.239 e. The van der Waals surface area contributed by atoms with Crippen LogP contribution in [-0.2, 0) is 9.59 Å². The third kappa shape index (κ3) is 3.08. The molecular formula is C12H17N3O2S. The van der Waals surface area contributed by atoms with Crippen LogP contribution < -0.4 is 16.0 Å². The molecule has 1 aromatic rings. The van der Waals surface area contributed by atoms with Crippen molar-refractivity contribution < 1.29 is 9.59 Å². The summed E-state index contributed by atoms with van der Waals surface area (Å²) in [6.45, 7) is 2.60. The molecule has 0 radical (unpaired) electrons. The van der Waals surface area contributed by atoms with Crippen molar-refractivity contribution in [3.05, 3.63) is 22.4 Å². The maximum atomic E-state index is 12.0. The van der Waals surface area contributed by atoms with E-state index in [2.05, 4.69) is 16.0 Å². The van der Waals surface area contributed by atoms with Crippen molar-refractivity contribution in [1.82, 2.24) is 16.0 Å². The van der Waals surface area contributed by atoms with Gasteiger partial charge in [-0.2, -0.15) is 0 Å². The van der Waals surface area contributed by atoms with Gasteiger partial charge in [0.2, 0.25) is 11.8 Å². The van der Waals surface area contributed by atoms with Gasteiger partial charge in [0.1, 0.15) is 6.04 Å². The molecule has 0 aliphatic carbocycles. The van der Waals surface area contributed by atoms with Crippen molar-refractivity contribution in [2.45, 2.75) is 25.4 Å². The first kappa shape index (κ1) is 13.0. The summed E-state index contributed by atoms with van der Waals surface area (Å²) < 4.78 is 0. The number of carbonyl (C=O) groups is 2. The Morgan fingerprint density at radius 2 is 2.50 bits per heavy atom. The zero-order valence-electron chi connectivity index (χ0n) is 10.2. The molecular weight excluding hydrogens is 250 g/mol. The van der Waals surface area contributed by atoms with Gasteiger partial charge in [0, 0.05) is 11.4 Å². The van der Waals surface area contributed by atoms with E-state index in [1.165, 1.54) is 0 Å². The Morgan fingerprint density at radius 1 is 1.67 bits per heavy atom. The lowest BCUT2D eigenvalue weighted by Gasteiger charge is -2.25. The van der Waals surface area contributed by atoms with Gasteiger partial charge >= 0.3 is 0 Å². The molecule has 2 heterocycles. The number of hydrogen-bond acceptors (Lipinski definition) is 4. The predicted octanol–water partition coefficient (Wildman–Crippen LogP) is 0.403. The standard InChI is InChI=1S/C12H17N3O2S/c1-2-8(10-4-3-5-18-10)15-12(17)9-6-14-11(16)7-13-9/h3-5,8-9,13H,2,6-7H2,1H3,(H,14,16)(H,15,17). The van der Waals surface area contributed by atoms with Gasteiger partial charge in [-0.1, -0.05) is 13.0 Å². The Balaban J connectivity index is 1.91. The number of nitrogens with one attached hydrogen (secondary N) is 3. The molecule has 2 unspecified atom stereocenters. The van der Waals surface area contributed by atoms with Gasteiger partial charge in [0.15, 0.2) is 0 Å². The summed E-state index contributed by atoms with van der Waals surface area (Å²) >= 11 is 1.64. The first-order valence-electron chi connectivity index (χ1n) is 6.04. The number of thiophene rings is 1.